The lowest BCUT2D eigenvalue weighted by Crippen LogP contribution is -2.25. The molecule has 0 aliphatic rings. The molecule has 2 N–H and O–H groups in total. The number of aromatic nitrogens is 1. The Bertz CT molecular complexity index is 1060. The molecule has 0 saturated heterocycles. The highest BCUT2D eigenvalue weighted by Crippen LogP contribution is 2.27. The van der Waals surface area contributed by atoms with Gasteiger partial charge in [0.2, 0.25) is 0 Å². The molecule has 0 atom stereocenters. The minimum absolute atomic E-state index is 0.0191. The first-order chi connectivity index (χ1) is 13.8. The number of halogens is 3. The molecule has 1 heterocycles. The summed E-state index contributed by atoms with van der Waals surface area (Å²) in [6.07, 6.45) is 1.59. The fraction of sp³-hybridized carbons (Fsp3) is 0.143. The van der Waals surface area contributed by atoms with Crippen molar-refractivity contribution in [1.82, 2.24) is 9.99 Å². The molecule has 3 aromatic rings. The van der Waals surface area contributed by atoms with Gasteiger partial charge in [0.25, 0.3) is 5.91 Å². The molecule has 3 rings (SSSR count). The van der Waals surface area contributed by atoms with Gasteiger partial charge in [-0.3, -0.25) is 4.79 Å². The number of hydrogen-bond acceptors (Lipinski definition) is 3. The van der Waals surface area contributed by atoms with Gasteiger partial charge in [-0.15, -0.1) is 0 Å². The Labute approximate surface area is 178 Å². The van der Waals surface area contributed by atoms with Crippen LogP contribution in [0.5, 0.6) is 0 Å². The fourth-order valence-corrected chi connectivity index (χ4v) is 3.20. The molecule has 0 unspecified atom stereocenters. The van der Waals surface area contributed by atoms with Crippen molar-refractivity contribution in [1.29, 1.82) is 0 Å². The second-order valence-corrected chi connectivity index (χ2v) is 7.23. The average Bonchev–Trinajstić information content (AvgIpc) is 2.97. The molecule has 2 aromatic carbocycles. The first kappa shape index (κ1) is 20.9. The largest absolute Gasteiger partial charge is 0.376 e. The normalized spacial score (nSPS) is 11.1. The Hall–Kier alpha value is -2.83. The zero-order valence-electron chi connectivity index (χ0n) is 15.8. The average molecular weight is 433 g/mol. The van der Waals surface area contributed by atoms with E-state index in [4.69, 9.17) is 23.2 Å². The van der Waals surface area contributed by atoms with E-state index in [2.05, 4.69) is 15.8 Å². The summed E-state index contributed by atoms with van der Waals surface area (Å²) >= 11 is 12.1. The summed E-state index contributed by atoms with van der Waals surface area (Å²) in [5.74, 6) is -0.646. The van der Waals surface area contributed by atoms with Crippen LogP contribution in [0.25, 0.3) is 5.69 Å². The van der Waals surface area contributed by atoms with Crippen molar-refractivity contribution in [2.24, 2.45) is 5.10 Å². The molecule has 5 nitrogen and oxygen atoms in total. The van der Waals surface area contributed by atoms with Crippen LogP contribution in [0.2, 0.25) is 10.0 Å². The molecule has 8 heteroatoms. The number of carbonyl (C=O) groups excluding carboxylic acids is 1. The van der Waals surface area contributed by atoms with Crippen molar-refractivity contribution < 1.29 is 9.18 Å². The number of benzene rings is 2. The van der Waals surface area contributed by atoms with Gasteiger partial charge in [-0.1, -0.05) is 23.2 Å². The van der Waals surface area contributed by atoms with Crippen molar-refractivity contribution in [3.05, 3.63) is 81.3 Å². The van der Waals surface area contributed by atoms with Gasteiger partial charge in [0, 0.05) is 28.3 Å². The highest BCUT2D eigenvalue weighted by atomic mass is 35.5. The maximum atomic E-state index is 12.9. The lowest BCUT2D eigenvalue weighted by molar-refractivity contribution is -0.119. The number of aryl methyl sites for hydroxylation is 1. The van der Waals surface area contributed by atoms with Crippen molar-refractivity contribution >= 4 is 41.0 Å². The lowest BCUT2D eigenvalue weighted by Gasteiger charge is -2.10. The van der Waals surface area contributed by atoms with Gasteiger partial charge in [-0.25, -0.2) is 9.82 Å². The highest BCUT2D eigenvalue weighted by molar-refractivity contribution is 6.42. The lowest BCUT2D eigenvalue weighted by atomic mass is 10.2. The first-order valence-electron chi connectivity index (χ1n) is 8.81. The Morgan fingerprint density at radius 3 is 2.52 bits per heavy atom. The van der Waals surface area contributed by atoms with Crippen LogP contribution in [-0.4, -0.2) is 23.2 Å². The van der Waals surface area contributed by atoms with Crippen LogP contribution in [0, 0.1) is 19.7 Å². The molecule has 0 bridgehead atoms. The molecular weight excluding hydrogens is 414 g/mol. The van der Waals surface area contributed by atoms with E-state index >= 15 is 0 Å². The minimum Gasteiger partial charge on any atom is -0.376 e. The van der Waals surface area contributed by atoms with Gasteiger partial charge in [0.05, 0.1) is 22.8 Å². The number of hydrazone groups is 1. The quantitative estimate of drug-likeness (QED) is 0.420. The van der Waals surface area contributed by atoms with Gasteiger partial charge < -0.3 is 9.88 Å². The van der Waals surface area contributed by atoms with Crippen LogP contribution in [-0.2, 0) is 4.79 Å². The summed E-state index contributed by atoms with van der Waals surface area (Å²) < 4.78 is 14.9. The number of hydrogen-bond donors (Lipinski definition) is 2. The molecule has 0 aliphatic heterocycles. The first-order valence-corrected chi connectivity index (χ1v) is 9.56. The Morgan fingerprint density at radius 2 is 1.83 bits per heavy atom. The second kappa shape index (κ2) is 9.11. The van der Waals surface area contributed by atoms with Crippen molar-refractivity contribution in [3.8, 4) is 5.69 Å². The number of amides is 1. The SMILES string of the molecule is Cc1cc(/C=N\NC(=O)CNc2ccc(F)cc2)c(C)n1-c1ccc(Cl)c(Cl)c1. The predicted molar refractivity (Wildman–Crippen MR) is 116 cm³/mol. The second-order valence-electron chi connectivity index (χ2n) is 6.41. The van der Waals surface area contributed by atoms with Crippen molar-refractivity contribution in [3.63, 3.8) is 0 Å². The summed E-state index contributed by atoms with van der Waals surface area (Å²) in [5.41, 5.74) is 6.81. The molecule has 0 saturated carbocycles. The van der Waals surface area contributed by atoms with E-state index in [9.17, 15) is 9.18 Å². The number of nitrogens with zero attached hydrogens (tertiary/aromatic N) is 2. The van der Waals surface area contributed by atoms with Crippen LogP contribution < -0.4 is 10.7 Å². The molecule has 0 radical (unpaired) electrons. The zero-order valence-corrected chi connectivity index (χ0v) is 17.4. The smallest absolute Gasteiger partial charge is 0.259 e. The molecule has 1 amide bonds. The van der Waals surface area contributed by atoms with Crippen molar-refractivity contribution in [2.45, 2.75) is 13.8 Å². The van der Waals surface area contributed by atoms with Crippen LogP contribution in [0.3, 0.4) is 0 Å². The van der Waals surface area contributed by atoms with Gasteiger partial charge in [0.1, 0.15) is 5.82 Å². The summed E-state index contributed by atoms with van der Waals surface area (Å²) in [4.78, 5) is 11.9. The molecule has 0 fully saturated rings. The monoisotopic (exact) mass is 432 g/mol. The maximum Gasteiger partial charge on any atom is 0.259 e. The number of anilines is 1. The molecular formula is C21H19Cl2FN4O. The van der Waals surface area contributed by atoms with Gasteiger partial charge in [0.15, 0.2) is 0 Å². The van der Waals surface area contributed by atoms with Gasteiger partial charge in [-0.2, -0.15) is 5.10 Å². The van der Waals surface area contributed by atoms with E-state index in [0.29, 0.717) is 15.7 Å². The van der Waals surface area contributed by atoms with Crippen molar-refractivity contribution in [2.75, 3.05) is 11.9 Å². The Morgan fingerprint density at radius 1 is 1.10 bits per heavy atom. The van der Waals surface area contributed by atoms with Gasteiger partial charge in [-0.05, 0) is 62.4 Å². The Balaban J connectivity index is 1.64. The minimum atomic E-state index is -0.330. The molecule has 150 valence electrons. The number of nitrogens with one attached hydrogen (secondary N) is 2. The molecule has 29 heavy (non-hydrogen) atoms. The van der Waals surface area contributed by atoms with Crippen LogP contribution in [0.4, 0.5) is 10.1 Å². The maximum absolute atomic E-state index is 12.9. The third kappa shape index (κ3) is 5.16. The van der Waals surface area contributed by atoms with E-state index in [-0.39, 0.29) is 18.3 Å². The summed E-state index contributed by atoms with van der Waals surface area (Å²) in [7, 11) is 0. The van der Waals surface area contributed by atoms with E-state index < -0.39 is 0 Å². The molecule has 0 aliphatic carbocycles. The summed E-state index contributed by atoms with van der Waals surface area (Å²) in [6, 6.07) is 13.2. The van der Waals surface area contributed by atoms with Crippen LogP contribution in [0.15, 0.2) is 53.6 Å². The van der Waals surface area contributed by atoms with E-state index in [1.807, 2.05) is 30.5 Å². The Kier molecular flexibility index (Phi) is 6.56. The third-order valence-electron chi connectivity index (χ3n) is 4.32. The molecule has 1 aromatic heterocycles. The fourth-order valence-electron chi connectivity index (χ4n) is 2.90. The standard InChI is InChI=1S/C21H19Cl2FN4O/c1-13-9-15(14(2)28(13)18-7-8-19(22)20(23)10-18)11-26-27-21(29)12-25-17-5-3-16(24)4-6-17/h3-11,25H,12H2,1-2H3,(H,27,29)/b26-11-. The van der Waals surface area contributed by atoms with Gasteiger partial charge >= 0.3 is 0 Å². The number of carbonyl (C=O) groups is 1. The van der Waals surface area contributed by atoms with Crippen LogP contribution >= 0.6 is 23.2 Å². The van der Waals surface area contributed by atoms with E-state index in [1.54, 1.807) is 30.5 Å². The third-order valence-corrected chi connectivity index (χ3v) is 5.06. The molecule has 0 spiro atoms. The zero-order chi connectivity index (χ0) is 21.0. The summed E-state index contributed by atoms with van der Waals surface area (Å²) in [5, 5.41) is 7.90. The topological polar surface area (TPSA) is 58.4 Å². The summed E-state index contributed by atoms with van der Waals surface area (Å²) in [6.45, 7) is 3.94. The predicted octanol–water partition coefficient (Wildman–Crippen LogP) is 5.10. The van der Waals surface area contributed by atoms with E-state index in [1.165, 1.54) is 12.1 Å². The van der Waals surface area contributed by atoms with E-state index in [0.717, 1.165) is 22.6 Å². The highest BCUT2D eigenvalue weighted by Gasteiger charge is 2.11. The number of rotatable bonds is 6. The van der Waals surface area contributed by atoms with Crippen LogP contribution in [0.1, 0.15) is 17.0 Å².